The Hall–Kier alpha value is 0.0900. The average Bonchev–Trinajstić information content (AvgIpc) is 2.31. The van der Waals surface area contributed by atoms with Gasteiger partial charge in [0.05, 0.1) is 0 Å². The minimum atomic E-state index is 0.929. The van der Waals surface area contributed by atoms with Gasteiger partial charge in [-0.2, -0.15) is 11.8 Å². The molecule has 0 nitrogen and oxygen atoms in total. The van der Waals surface area contributed by atoms with Gasteiger partial charge >= 0.3 is 0 Å². The second-order valence-electron chi connectivity index (χ2n) is 3.04. The lowest BCUT2D eigenvalue weighted by Crippen LogP contribution is -2.06. The van der Waals surface area contributed by atoms with E-state index in [0.29, 0.717) is 0 Å². The van der Waals surface area contributed by atoms with E-state index in [1.54, 1.807) is 0 Å². The molecule has 1 aliphatic heterocycles. The maximum Gasteiger partial charge on any atom is 0.00759 e. The van der Waals surface area contributed by atoms with Crippen LogP contribution in [-0.2, 0) is 0 Å². The molecule has 0 radical (unpaired) electrons. The van der Waals surface area contributed by atoms with Crippen molar-refractivity contribution < 1.29 is 0 Å². The molecule has 0 aliphatic carbocycles. The van der Waals surface area contributed by atoms with Crippen molar-refractivity contribution in [2.24, 2.45) is 5.92 Å². The van der Waals surface area contributed by atoms with E-state index >= 15 is 0 Å². The molecule has 0 aromatic heterocycles. The number of hydrogen-bond donors (Lipinski definition) is 0. The molecule has 1 fully saturated rings. The van der Waals surface area contributed by atoms with Gasteiger partial charge in [-0.1, -0.05) is 13.0 Å². The molecule has 58 valence electrons. The first-order valence-electron chi connectivity index (χ1n) is 4.07. The van der Waals surface area contributed by atoms with Gasteiger partial charge in [0.15, 0.2) is 0 Å². The molecule has 10 heavy (non-hydrogen) atoms. The molecule has 0 bridgehead atoms. The molecule has 0 N–H and O–H groups in total. The van der Waals surface area contributed by atoms with Crippen LogP contribution in [0.1, 0.15) is 26.2 Å². The van der Waals surface area contributed by atoms with E-state index in [0.717, 1.165) is 11.2 Å². The van der Waals surface area contributed by atoms with Crippen LogP contribution in [-0.4, -0.2) is 11.0 Å². The monoisotopic (exact) mass is 156 g/mol. The van der Waals surface area contributed by atoms with Crippen LogP contribution in [0.15, 0.2) is 12.7 Å². The summed E-state index contributed by atoms with van der Waals surface area (Å²) in [5.74, 6) is 2.33. The van der Waals surface area contributed by atoms with E-state index in [1.165, 1.54) is 25.0 Å². The maximum atomic E-state index is 3.74. The summed E-state index contributed by atoms with van der Waals surface area (Å²) < 4.78 is 0. The summed E-state index contributed by atoms with van der Waals surface area (Å²) in [6.07, 6.45) is 6.00. The van der Waals surface area contributed by atoms with Crippen LogP contribution in [0.5, 0.6) is 0 Å². The molecule has 1 aliphatic rings. The maximum absolute atomic E-state index is 3.74. The van der Waals surface area contributed by atoms with Crippen molar-refractivity contribution in [3.8, 4) is 0 Å². The number of hydrogen-bond acceptors (Lipinski definition) is 1. The van der Waals surface area contributed by atoms with Gasteiger partial charge in [0.2, 0.25) is 0 Å². The molecule has 0 spiro atoms. The molecular weight excluding hydrogens is 140 g/mol. The van der Waals surface area contributed by atoms with Crippen LogP contribution in [0.25, 0.3) is 0 Å². The van der Waals surface area contributed by atoms with Gasteiger partial charge < -0.3 is 0 Å². The Balaban J connectivity index is 2.19. The average molecular weight is 156 g/mol. The molecule has 1 heteroatoms. The number of allylic oxidation sites excluding steroid dienone is 1. The van der Waals surface area contributed by atoms with Gasteiger partial charge in [0.1, 0.15) is 0 Å². The van der Waals surface area contributed by atoms with Gasteiger partial charge in [-0.25, -0.2) is 0 Å². The first-order valence-corrected chi connectivity index (χ1v) is 5.12. The van der Waals surface area contributed by atoms with Crippen molar-refractivity contribution in [1.29, 1.82) is 0 Å². The molecule has 0 aromatic carbocycles. The highest BCUT2D eigenvalue weighted by Crippen LogP contribution is 2.34. The largest absolute Gasteiger partial charge is 0.158 e. The summed E-state index contributed by atoms with van der Waals surface area (Å²) in [5.41, 5.74) is 0. The second kappa shape index (κ2) is 4.07. The highest BCUT2D eigenvalue weighted by atomic mass is 32.2. The van der Waals surface area contributed by atoms with Crippen molar-refractivity contribution in [3.05, 3.63) is 12.7 Å². The fraction of sp³-hybridized carbons (Fsp3) is 0.778. The Bertz CT molecular complexity index is 109. The van der Waals surface area contributed by atoms with E-state index in [4.69, 9.17) is 0 Å². The standard InChI is InChI=1S/C9H16S/c1-3-4-5-9-8(2)6-7-10-9/h3,8-9H,1,4-7H2,2H3/t8?,9-/m0/s1. The predicted octanol–water partition coefficient (Wildman–Crippen LogP) is 3.09. The SMILES string of the molecule is C=CCC[C@@H]1SCCC1C. The fourth-order valence-electron chi connectivity index (χ4n) is 1.41. The lowest BCUT2D eigenvalue weighted by atomic mass is 10.0. The lowest BCUT2D eigenvalue weighted by molar-refractivity contribution is 0.542. The zero-order valence-corrected chi connectivity index (χ0v) is 7.49. The highest BCUT2D eigenvalue weighted by Gasteiger charge is 2.22. The minimum Gasteiger partial charge on any atom is -0.158 e. The molecule has 0 saturated carbocycles. The first-order chi connectivity index (χ1) is 4.84. The Morgan fingerprint density at radius 3 is 3.00 bits per heavy atom. The molecule has 1 unspecified atom stereocenters. The van der Waals surface area contributed by atoms with Gasteiger partial charge in [-0.15, -0.1) is 6.58 Å². The van der Waals surface area contributed by atoms with Crippen LogP contribution in [0.3, 0.4) is 0 Å². The summed E-state index contributed by atoms with van der Waals surface area (Å²) in [7, 11) is 0. The minimum absolute atomic E-state index is 0.929. The van der Waals surface area contributed by atoms with Crippen LogP contribution in [0.4, 0.5) is 0 Å². The summed E-state index contributed by atoms with van der Waals surface area (Å²) >= 11 is 2.14. The highest BCUT2D eigenvalue weighted by molar-refractivity contribution is 8.00. The van der Waals surface area contributed by atoms with E-state index in [-0.39, 0.29) is 0 Å². The predicted molar refractivity (Wildman–Crippen MR) is 49.5 cm³/mol. The molecule has 0 amide bonds. The van der Waals surface area contributed by atoms with Crippen LogP contribution >= 0.6 is 11.8 Å². The fourth-order valence-corrected chi connectivity index (χ4v) is 2.98. The zero-order valence-electron chi connectivity index (χ0n) is 6.68. The second-order valence-corrected chi connectivity index (χ2v) is 4.39. The van der Waals surface area contributed by atoms with Gasteiger partial charge in [-0.05, 0) is 30.9 Å². The molecule has 2 atom stereocenters. The van der Waals surface area contributed by atoms with E-state index < -0.39 is 0 Å². The molecular formula is C9H16S. The molecule has 1 saturated heterocycles. The van der Waals surface area contributed by atoms with Crippen LogP contribution in [0.2, 0.25) is 0 Å². The summed E-state index contributed by atoms with van der Waals surface area (Å²) in [4.78, 5) is 0. The van der Waals surface area contributed by atoms with Crippen molar-refractivity contribution in [2.45, 2.75) is 31.4 Å². The van der Waals surface area contributed by atoms with Crippen molar-refractivity contribution >= 4 is 11.8 Å². The Morgan fingerprint density at radius 2 is 2.50 bits per heavy atom. The van der Waals surface area contributed by atoms with Crippen LogP contribution < -0.4 is 0 Å². The number of rotatable bonds is 3. The summed E-state index contributed by atoms with van der Waals surface area (Å²) in [6.45, 7) is 6.11. The Labute approximate surface area is 68.1 Å². The van der Waals surface area contributed by atoms with Gasteiger partial charge in [-0.3, -0.25) is 0 Å². The third kappa shape index (κ3) is 2.05. The Morgan fingerprint density at radius 1 is 1.70 bits per heavy atom. The van der Waals surface area contributed by atoms with Gasteiger partial charge in [0, 0.05) is 5.25 Å². The van der Waals surface area contributed by atoms with Crippen molar-refractivity contribution in [1.82, 2.24) is 0 Å². The quantitative estimate of drug-likeness (QED) is 0.566. The van der Waals surface area contributed by atoms with Crippen molar-refractivity contribution in [3.63, 3.8) is 0 Å². The summed E-state index contributed by atoms with van der Waals surface area (Å²) in [5, 5.41) is 0.929. The zero-order chi connectivity index (χ0) is 7.40. The molecule has 1 rings (SSSR count). The third-order valence-corrected chi connectivity index (χ3v) is 3.79. The van der Waals surface area contributed by atoms with Gasteiger partial charge in [0.25, 0.3) is 0 Å². The van der Waals surface area contributed by atoms with Crippen LogP contribution in [0, 0.1) is 5.92 Å². The van der Waals surface area contributed by atoms with Crippen molar-refractivity contribution in [2.75, 3.05) is 5.75 Å². The Kier molecular flexibility index (Phi) is 3.33. The van der Waals surface area contributed by atoms with E-state index in [2.05, 4.69) is 25.3 Å². The number of thioether (sulfide) groups is 1. The third-order valence-electron chi connectivity index (χ3n) is 2.20. The summed E-state index contributed by atoms with van der Waals surface area (Å²) in [6, 6.07) is 0. The van der Waals surface area contributed by atoms with E-state index in [1.807, 2.05) is 6.08 Å². The molecule has 0 aromatic rings. The lowest BCUT2D eigenvalue weighted by Gasteiger charge is -2.11. The molecule has 1 heterocycles. The normalized spacial score (nSPS) is 32.5. The smallest absolute Gasteiger partial charge is 0.00759 e. The van der Waals surface area contributed by atoms with E-state index in [9.17, 15) is 0 Å². The topological polar surface area (TPSA) is 0 Å². The first kappa shape index (κ1) is 8.19.